The Balaban J connectivity index is 2.20. The summed E-state index contributed by atoms with van der Waals surface area (Å²) in [7, 11) is 0. The Kier molecular flexibility index (Phi) is 3.99. The van der Waals surface area contributed by atoms with Crippen LogP contribution >= 0.6 is 0 Å². The molecular weight excluding hydrogens is 160 g/mol. The number of amides is 1. The first-order valence-corrected chi connectivity index (χ1v) is 4.05. The molecule has 1 aliphatic heterocycles. The molecule has 12 heavy (non-hydrogen) atoms. The molecule has 1 fully saturated rings. The molecule has 1 amide bonds. The van der Waals surface area contributed by atoms with Gasteiger partial charge in [0.1, 0.15) is 6.10 Å². The van der Waals surface area contributed by atoms with E-state index in [1.807, 2.05) is 0 Å². The Bertz CT molecular complexity index is 146. The molecule has 0 aromatic heterocycles. The monoisotopic (exact) mass is 174 g/mol. The summed E-state index contributed by atoms with van der Waals surface area (Å²) in [6.07, 6.45) is -0.398. The summed E-state index contributed by atoms with van der Waals surface area (Å²) in [4.78, 5) is 11.2. The third-order valence-electron chi connectivity index (χ3n) is 1.63. The van der Waals surface area contributed by atoms with E-state index in [1.165, 1.54) is 0 Å². The average molecular weight is 174 g/mol. The number of nitrogens with one attached hydrogen (secondary N) is 2. The number of carbonyl (C=O) groups is 1. The van der Waals surface area contributed by atoms with Crippen molar-refractivity contribution in [2.45, 2.75) is 6.10 Å². The molecule has 1 aliphatic rings. The Labute approximate surface area is 71.1 Å². The maximum atomic E-state index is 11.2. The highest BCUT2D eigenvalue weighted by atomic mass is 16.5. The summed E-state index contributed by atoms with van der Waals surface area (Å²) in [5.74, 6) is -0.156. The highest BCUT2D eigenvalue weighted by Gasteiger charge is 2.20. The quantitative estimate of drug-likeness (QED) is 0.466. The van der Waals surface area contributed by atoms with Gasteiger partial charge in [-0.05, 0) is 0 Å². The molecule has 0 bridgehead atoms. The van der Waals surface area contributed by atoms with Gasteiger partial charge in [0.15, 0.2) is 0 Å². The fraction of sp³-hybridized carbons (Fsp3) is 0.857. The Morgan fingerprint density at radius 2 is 2.58 bits per heavy atom. The van der Waals surface area contributed by atoms with Crippen LogP contribution in [0.1, 0.15) is 0 Å². The van der Waals surface area contributed by atoms with Crippen molar-refractivity contribution < 1.29 is 14.6 Å². The fourth-order valence-electron chi connectivity index (χ4n) is 1.03. The van der Waals surface area contributed by atoms with Crippen LogP contribution in [0.3, 0.4) is 0 Å². The summed E-state index contributed by atoms with van der Waals surface area (Å²) < 4.78 is 5.18. The predicted octanol–water partition coefficient (Wildman–Crippen LogP) is -1.92. The smallest absolute Gasteiger partial charge is 0.250 e. The van der Waals surface area contributed by atoms with Crippen LogP contribution in [0.25, 0.3) is 0 Å². The van der Waals surface area contributed by atoms with Gasteiger partial charge in [-0.25, -0.2) is 0 Å². The van der Waals surface area contributed by atoms with Crippen molar-refractivity contribution in [1.29, 1.82) is 0 Å². The second kappa shape index (κ2) is 5.08. The van der Waals surface area contributed by atoms with E-state index in [0.29, 0.717) is 19.7 Å². The van der Waals surface area contributed by atoms with Crippen LogP contribution in [0.2, 0.25) is 0 Å². The molecule has 5 nitrogen and oxygen atoms in total. The van der Waals surface area contributed by atoms with E-state index in [9.17, 15) is 4.79 Å². The molecule has 0 aromatic carbocycles. The third-order valence-corrected chi connectivity index (χ3v) is 1.63. The number of aliphatic hydroxyl groups is 1. The first kappa shape index (κ1) is 9.44. The van der Waals surface area contributed by atoms with E-state index >= 15 is 0 Å². The Morgan fingerprint density at radius 1 is 1.75 bits per heavy atom. The zero-order valence-electron chi connectivity index (χ0n) is 6.88. The van der Waals surface area contributed by atoms with Gasteiger partial charge in [-0.1, -0.05) is 0 Å². The second-order valence-electron chi connectivity index (χ2n) is 2.58. The molecule has 3 N–H and O–H groups in total. The van der Waals surface area contributed by atoms with E-state index in [-0.39, 0.29) is 12.5 Å². The Morgan fingerprint density at radius 3 is 3.17 bits per heavy atom. The fourth-order valence-corrected chi connectivity index (χ4v) is 1.03. The van der Waals surface area contributed by atoms with Gasteiger partial charge in [0.05, 0.1) is 13.2 Å². The summed E-state index contributed by atoms with van der Waals surface area (Å²) >= 11 is 0. The molecule has 1 unspecified atom stereocenters. The number of morpholine rings is 1. The molecule has 0 spiro atoms. The van der Waals surface area contributed by atoms with Crippen LogP contribution < -0.4 is 10.6 Å². The van der Waals surface area contributed by atoms with E-state index in [4.69, 9.17) is 9.84 Å². The standard InChI is InChI=1S/C7H14N2O3/c10-3-1-9-7(11)6-5-8-2-4-12-6/h6,8,10H,1-5H2,(H,9,11). The lowest BCUT2D eigenvalue weighted by Gasteiger charge is -2.22. The molecule has 1 rings (SSSR count). The summed E-state index contributed by atoms with van der Waals surface area (Å²) in [6, 6.07) is 0. The summed E-state index contributed by atoms with van der Waals surface area (Å²) in [5, 5.41) is 14.0. The van der Waals surface area contributed by atoms with Crippen LogP contribution in [0.4, 0.5) is 0 Å². The zero-order valence-corrected chi connectivity index (χ0v) is 6.88. The van der Waals surface area contributed by atoms with Crippen LogP contribution in [0.15, 0.2) is 0 Å². The minimum atomic E-state index is -0.398. The van der Waals surface area contributed by atoms with Gasteiger partial charge in [-0.15, -0.1) is 0 Å². The zero-order chi connectivity index (χ0) is 8.81. The van der Waals surface area contributed by atoms with Crippen LogP contribution in [-0.2, 0) is 9.53 Å². The number of carbonyl (C=O) groups excluding carboxylic acids is 1. The largest absolute Gasteiger partial charge is 0.395 e. The number of hydrogen-bond acceptors (Lipinski definition) is 4. The van der Waals surface area contributed by atoms with E-state index < -0.39 is 6.10 Å². The molecule has 5 heteroatoms. The number of hydrogen-bond donors (Lipinski definition) is 3. The molecular formula is C7H14N2O3. The van der Waals surface area contributed by atoms with Crippen molar-refractivity contribution in [3.05, 3.63) is 0 Å². The van der Waals surface area contributed by atoms with Gasteiger partial charge in [0, 0.05) is 19.6 Å². The maximum absolute atomic E-state index is 11.2. The first-order valence-electron chi connectivity index (χ1n) is 4.05. The van der Waals surface area contributed by atoms with Crippen molar-refractivity contribution in [3.8, 4) is 0 Å². The lowest BCUT2D eigenvalue weighted by atomic mass is 10.3. The van der Waals surface area contributed by atoms with Crippen molar-refractivity contribution in [1.82, 2.24) is 10.6 Å². The normalized spacial score (nSPS) is 23.6. The van der Waals surface area contributed by atoms with Crippen molar-refractivity contribution >= 4 is 5.91 Å². The van der Waals surface area contributed by atoms with Gasteiger partial charge in [-0.2, -0.15) is 0 Å². The third kappa shape index (κ3) is 2.77. The summed E-state index contributed by atoms with van der Waals surface area (Å²) in [6.45, 7) is 2.17. The van der Waals surface area contributed by atoms with Crippen molar-refractivity contribution in [3.63, 3.8) is 0 Å². The lowest BCUT2D eigenvalue weighted by molar-refractivity contribution is -0.134. The molecule has 1 heterocycles. The van der Waals surface area contributed by atoms with Crippen LogP contribution in [-0.4, -0.2) is 50.0 Å². The topological polar surface area (TPSA) is 70.6 Å². The van der Waals surface area contributed by atoms with Gasteiger partial charge < -0.3 is 20.5 Å². The minimum Gasteiger partial charge on any atom is -0.395 e. The second-order valence-corrected chi connectivity index (χ2v) is 2.58. The highest BCUT2D eigenvalue weighted by molar-refractivity contribution is 5.81. The molecule has 0 radical (unpaired) electrons. The number of rotatable bonds is 3. The van der Waals surface area contributed by atoms with Crippen molar-refractivity contribution in [2.75, 3.05) is 32.8 Å². The molecule has 0 saturated carbocycles. The highest BCUT2D eigenvalue weighted by Crippen LogP contribution is 1.94. The number of aliphatic hydroxyl groups excluding tert-OH is 1. The van der Waals surface area contributed by atoms with E-state index in [2.05, 4.69) is 10.6 Å². The molecule has 1 atom stereocenters. The van der Waals surface area contributed by atoms with Crippen LogP contribution in [0.5, 0.6) is 0 Å². The van der Waals surface area contributed by atoms with Gasteiger partial charge in [0.2, 0.25) is 0 Å². The SMILES string of the molecule is O=C(NCCO)C1CNCCO1. The molecule has 1 saturated heterocycles. The van der Waals surface area contributed by atoms with Gasteiger partial charge in [-0.3, -0.25) is 4.79 Å². The Hall–Kier alpha value is -0.650. The van der Waals surface area contributed by atoms with Crippen molar-refractivity contribution in [2.24, 2.45) is 0 Å². The van der Waals surface area contributed by atoms with E-state index in [1.54, 1.807) is 0 Å². The van der Waals surface area contributed by atoms with Gasteiger partial charge in [0.25, 0.3) is 5.91 Å². The average Bonchev–Trinajstić information content (AvgIpc) is 2.15. The summed E-state index contributed by atoms with van der Waals surface area (Å²) in [5.41, 5.74) is 0. The molecule has 70 valence electrons. The number of ether oxygens (including phenoxy) is 1. The minimum absolute atomic E-state index is 0.0358. The predicted molar refractivity (Wildman–Crippen MR) is 42.7 cm³/mol. The van der Waals surface area contributed by atoms with Gasteiger partial charge >= 0.3 is 0 Å². The maximum Gasteiger partial charge on any atom is 0.250 e. The lowest BCUT2D eigenvalue weighted by Crippen LogP contribution is -2.48. The molecule has 0 aromatic rings. The first-order chi connectivity index (χ1) is 5.84. The van der Waals surface area contributed by atoms with Crippen LogP contribution in [0, 0.1) is 0 Å². The molecule has 0 aliphatic carbocycles. The van der Waals surface area contributed by atoms with E-state index in [0.717, 1.165) is 6.54 Å².